The monoisotopic (exact) mass is 213 g/mol. The highest BCUT2D eigenvalue weighted by atomic mass is 32.1. The van der Waals surface area contributed by atoms with Crippen LogP contribution in [-0.4, -0.2) is 35.9 Å². The van der Waals surface area contributed by atoms with E-state index in [2.05, 4.69) is 10.3 Å². The predicted octanol–water partition coefficient (Wildman–Crippen LogP) is 0.709. The second-order valence-electron chi connectivity index (χ2n) is 3.30. The van der Waals surface area contributed by atoms with Crippen molar-refractivity contribution in [1.29, 1.82) is 0 Å². The van der Waals surface area contributed by atoms with E-state index in [1.165, 1.54) is 0 Å². The van der Waals surface area contributed by atoms with Gasteiger partial charge in [0.2, 0.25) is 5.91 Å². The van der Waals surface area contributed by atoms with Gasteiger partial charge in [-0.1, -0.05) is 0 Å². The fourth-order valence-electron chi connectivity index (χ4n) is 1.06. The summed E-state index contributed by atoms with van der Waals surface area (Å²) in [6, 6.07) is -0.146. The van der Waals surface area contributed by atoms with Crippen LogP contribution >= 0.6 is 11.3 Å². The number of carbonyl (C=O) groups is 1. The molecule has 1 atom stereocenters. The van der Waals surface area contributed by atoms with Gasteiger partial charge in [0.05, 0.1) is 11.6 Å². The van der Waals surface area contributed by atoms with Crippen LogP contribution in [0, 0.1) is 0 Å². The van der Waals surface area contributed by atoms with Crippen molar-refractivity contribution in [1.82, 2.24) is 15.2 Å². The summed E-state index contributed by atoms with van der Waals surface area (Å²) in [5.74, 6) is 0.0921. The molecule has 0 saturated carbocycles. The Morgan fingerprint density at radius 1 is 1.71 bits per heavy atom. The molecular formula is C9H15N3OS. The second kappa shape index (κ2) is 5.07. The predicted molar refractivity (Wildman–Crippen MR) is 57.1 cm³/mol. The summed E-state index contributed by atoms with van der Waals surface area (Å²) in [6.45, 7) is 2.56. The van der Waals surface area contributed by atoms with Crippen LogP contribution in [0.25, 0.3) is 0 Å². The van der Waals surface area contributed by atoms with Crippen LogP contribution in [0.2, 0.25) is 0 Å². The summed E-state index contributed by atoms with van der Waals surface area (Å²) in [6.07, 6.45) is 1.81. The van der Waals surface area contributed by atoms with Gasteiger partial charge in [-0.2, -0.15) is 0 Å². The number of hydrogen-bond acceptors (Lipinski definition) is 4. The van der Waals surface area contributed by atoms with Crippen LogP contribution in [-0.2, 0) is 11.3 Å². The van der Waals surface area contributed by atoms with Crippen molar-refractivity contribution in [2.75, 3.05) is 14.1 Å². The maximum atomic E-state index is 11.5. The molecule has 0 fully saturated rings. The van der Waals surface area contributed by atoms with Gasteiger partial charge >= 0.3 is 0 Å². The first-order valence-electron chi connectivity index (χ1n) is 4.43. The smallest absolute Gasteiger partial charge is 0.238 e. The van der Waals surface area contributed by atoms with Crippen molar-refractivity contribution in [2.45, 2.75) is 19.5 Å². The molecule has 0 spiro atoms. The number of likely N-dealkylation sites (N-methyl/N-ethyl adjacent to an activating group) is 1. The Morgan fingerprint density at radius 2 is 2.43 bits per heavy atom. The van der Waals surface area contributed by atoms with Crippen molar-refractivity contribution in [3.63, 3.8) is 0 Å². The van der Waals surface area contributed by atoms with E-state index in [1.54, 1.807) is 35.8 Å². The minimum Gasteiger partial charge on any atom is -0.347 e. The standard InChI is InChI=1S/C9H15N3OS/c1-7(9(13)12(2)3)11-5-8-4-10-6-14-8/h4,6-7,11H,5H2,1-3H3/t7-/m1/s1. The van der Waals surface area contributed by atoms with E-state index in [1.807, 2.05) is 13.1 Å². The molecule has 78 valence electrons. The Morgan fingerprint density at radius 3 is 2.93 bits per heavy atom. The van der Waals surface area contributed by atoms with Crippen molar-refractivity contribution < 1.29 is 4.79 Å². The summed E-state index contributed by atoms with van der Waals surface area (Å²) in [7, 11) is 3.51. The quantitative estimate of drug-likeness (QED) is 0.801. The number of hydrogen-bond donors (Lipinski definition) is 1. The summed E-state index contributed by atoms with van der Waals surface area (Å²) < 4.78 is 0. The summed E-state index contributed by atoms with van der Waals surface area (Å²) >= 11 is 1.59. The fraction of sp³-hybridized carbons (Fsp3) is 0.556. The van der Waals surface area contributed by atoms with E-state index in [-0.39, 0.29) is 11.9 Å². The average molecular weight is 213 g/mol. The molecule has 1 amide bonds. The van der Waals surface area contributed by atoms with Crippen LogP contribution in [0.4, 0.5) is 0 Å². The van der Waals surface area contributed by atoms with Crippen molar-refractivity contribution in [3.8, 4) is 0 Å². The van der Waals surface area contributed by atoms with Crippen LogP contribution in [0.3, 0.4) is 0 Å². The number of rotatable bonds is 4. The highest BCUT2D eigenvalue weighted by Gasteiger charge is 2.13. The van der Waals surface area contributed by atoms with E-state index in [4.69, 9.17) is 0 Å². The van der Waals surface area contributed by atoms with Gasteiger partial charge in [-0.05, 0) is 6.92 Å². The molecule has 0 radical (unpaired) electrons. The number of thiazole rings is 1. The van der Waals surface area contributed by atoms with Crippen LogP contribution in [0.5, 0.6) is 0 Å². The van der Waals surface area contributed by atoms with Crippen LogP contribution in [0.15, 0.2) is 11.7 Å². The Kier molecular flexibility index (Phi) is 4.03. The first-order chi connectivity index (χ1) is 6.61. The zero-order valence-corrected chi connectivity index (χ0v) is 9.47. The van der Waals surface area contributed by atoms with Crippen LogP contribution in [0.1, 0.15) is 11.8 Å². The average Bonchev–Trinajstić information content (AvgIpc) is 2.65. The lowest BCUT2D eigenvalue weighted by Gasteiger charge is -2.17. The Bertz CT molecular complexity index is 284. The normalized spacial score (nSPS) is 12.5. The molecule has 1 aromatic rings. The molecule has 0 saturated heterocycles. The number of carbonyl (C=O) groups excluding carboxylic acids is 1. The lowest BCUT2D eigenvalue weighted by atomic mass is 10.3. The second-order valence-corrected chi connectivity index (χ2v) is 4.27. The van der Waals surface area contributed by atoms with Gasteiger partial charge in [0.1, 0.15) is 0 Å². The van der Waals surface area contributed by atoms with Gasteiger partial charge in [-0.25, -0.2) is 0 Å². The molecule has 0 unspecified atom stereocenters. The van der Waals surface area contributed by atoms with Crippen molar-refractivity contribution >= 4 is 17.2 Å². The molecule has 0 aliphatic carbocycles. The first kappa shape index (κ1) is 11.1. The highest BCUT2D eigenvalue weighted by molar-refractivity contribution is 7.09. The maximum absolute atomic E-state index is 11.5. The molecule has 1 heterocycles. The molecule has 0 bridgehead atoms. The maximum Gasteiger partial charge on any atom is 0.238 e. The lowest BCUT2D eigenvalue weighted by molar-refractivity contribution is -0.130. The first-order valence-corrected chi connectivity index (χ1v) is 5.31. The number of nitrogens with one attached hydrogen (secondary N) is 1. The zero-order valence-electron chi connectivity index (χ0n) is 8.65. The van der Waals surface area contributed by atoms with Gasteiger partial charge in [-0.15, -0.1) is 11.3 Å². The van der Waals surface area contributed by atoms with Gasteiger partial charge in [0, 0.05) is 31.7 Å². The van der Waals surface area contributed by atoms with Gasteiger partial charge in [-0.3, -0.25) is 9.78 Å². The number of amides is 1. The van der Waals surface area contributed by atoms with Crippen LogP contribution < -0.4 is 5.32 Å². The summed E-state index contributed by atoms with van der Waals surface area (Å²) in [4.78, 5) is 18.1. The topological polar surface area (TPSA) is 45.2 Å². The summed E-state index contributed by atoms with van der Waals surface area (Å²) in [5, 5.41) is 3.15. The molecule has 0 aromatic carbocycles. The third kappa shape index (κ3) is 3.08. The Hall–Kier alpha value is -0.940. The lowest BCUT2D eigenvalue weighted by Crippen LogP contribution is -2.40. The van der Waals surface area contributed by atoms with E-state index in [0.29, 0.717) is 6.54 Å². The SMILES string of the molecule is C[C@@H](NCc1cncs1)C(=O)N(C)C. The fourth-order valence-corrected chi connectivity index (χ4v) is 1.60. The highest BCUT2D eigenvalue weighted by Crippen LogP contribution is 2.04. The molecule has 1 aromatic heterocycles. The molecule has 0 aliphatic heterocycles. The molecule has 5 heteroatoms. The van der Waals surface area contributed by atoms with E-state index in [9.17, 15) is 4.79 Å². The third-order valence-corrected chi connectivity index (χ3v) is 2.66. The van der Waals surface area contributed by atoms with E-state index in [0.717, 1.165) is 4.88 Å². The Labute approximate surface area is 88.0 Å². The summed E-state index contributed by atoms with van der Waals surface area (Å²) in [5.41, 5.74) is 1.79. The minimum absolute atomic E-state index is 0.0921. The van der Waals surface area contributed by atoms with Crippen molar-refractivity contribution in [3.05, 3.63) is 16.6 Å². The minimum atomic E-state index is -0.146. The molecule has 1 rings (SSSR count). The molecular weight excluding hydrogens is 198 g/mol. The van der Waals surface area contributed by atoms with Crippen molar-refractivity contribution in [2.24, 2.45) is 0 Å². The zero-order chi connectivity index (χ0) is 10.6. The molecule has 1 N–H and O–H groups in total. The number of aromatic nitrogens is 1. The largest absolute Gasteiger partial charge is 0.347 e. The molecule has 0 aliphatic rings. The number of nitrogens with zero attached hydrogens (tertiary/aromatic N) is 2. The van der Waals surface area contributed by atoms with Gasteiger partial charge in [0.15, 0.2) is 0 Å². The van der Waals surface area contributed by atoms with E-state index >= 15 is 0 Å². The van der Waals surface area contributed by atoms with E-state index < -0.39 is 0 Å². The third-order valence-electron chi connectivity index (χ3n) is 1.88. The molecule has 4 nitrogen and oxygen atoms in total. The van der Waals surface area contributed by atoms with Gasteiger partial charge < -0.3 is 10.2 Å². The van der Waals surface area contributed by atoms with Gasteiger partial charge in [0.25, 0.3) is 0 Å². The Balaban J connectivity index is 2.35. The molecule has 14 heavy (non-hydrogen) atoms.